The molecule has 33 heavy (non-hydrogen) atoms. The van der Waals surface area contributed by atoms with E-state index in [1.807, 2.05) is 109 Å². The Morgan fingerprint density at radius 3 is 2.27 bits per heavy atom. The summed E-state index contributed by atoms with van der Waals surface area (Å²) >= 11 is 0. The minimum absolute atomic E-state index is 0.164. The maximum atomic E-state index is 13.2. The fraction of sp³-hybridized carbons (Fsp3) is 0.0741. The zero-order chi connectivity index (χ0) is 22.8. The van der Waals surface area contributed by atoms with Crippen molar-refractivity contribution in [3.8, 4) is 22.7 Å². The fourth-order valence-electron chi connectivity index (χ4n) is 3.78. The van der Waals surface area contributed by atoms with Crippen molar-refractivity contribution in [2.75, 3.05) is 12.1 Å². The van der Waals surface area contributed by atoms with Gasteiger partial charge in [0.25, 0.3) is 5.91 Å². The van der Waals surface area contributed by atoms with E-state index in [0.717, 1.165) is 33.9 Å². The number of carbonyl (C=O) groups excluding carboxylic acids is 1. The highest BCUT2D eigenvalue weighted by Crippen LogP contribution is 2.30. The Bertz CT molecular complexity index is 1370. The van der Waals surface area contributed by atoms with Crippen LogP contribution in [-0.4, -0.2) is 28.5 Å². The molecule has 4 aromatic rings. The second-order valence-corrected chi connectivity index (χ2v) is 7.64. The van der Waals surface area contributed by atoms with Gasteiger partial charge in [-0.05, 0) is 49.4 Å². The highest BCUT2D eigenvalue weighted by molar-refractivity contribution is 6.32. The maximum Gasteiger partial charge on any atom is 0.280 e. The number of rotatable bonds is 5. The number of hydrazone groups is 1. The molecule has 1 amide bonds. The van der Waals surface area contributed by atoms with Crippen LogP contribution in [0.2, 0.25) is 0 Å². The monoisotopic (exact) mass is 434 g/mol. The third-order valence-electron chi connectivity index (χ3n) is 5.47. The van der Waals surface area contributed by atoms with Gasteiger partial charge < -0.3 is 4.74 Å². The van der Waals surface area contributed by atoms with Crippen molar-refractivity contribution in [1.29, 1.82) is 0 Å². The Labute approximate surface area is 192 Å². The molecule has 0 atom stereocenters. The summed E-state index contributed by atoms with van der Waals surface area (Å²) in [5.41, 5.74) is 5.34. The Balaban J connectivity index is 1.61. The standard InChI is InChI=1S/C27H22N4O2/c1-19-25(27(32)31(28-19)23-13-7-4-8-14-23)17-21-18-30(22-11-5-3-6-12-22)29-26(21)20-10-9-15-24(16-20)33-2/h3-18H,1-2H3. The van der Waals surface area contributed by atoms with E-state index in [9.17, 15) is 4.79 Å². The molecule has 162 valence electrons. The predicted molar refractivity (Wildman–Crippen MR) is 131 cm³/mol. The van der Waals surface area contributed by atoms with E-state index in [4.69, 9.17) is 9.84 Å². The van der Waals surface area contributed by atoms with Crippen molar-refractivity contribution in [3.63, 3.8) is 0 Å². The summed E-state index contributed by atoms with van der Waals surface area (Å²) in [6.45, 7) is 1.85. The Kier molecular flexibility index (Phi) is 5.32. The fourth-order valence-corrected chi connectivity index (χ4v) is 3.78. The van der Waals surface area contributed by atoms with Gasteiger partial charge in [0, 0.05) is 17.3 Å². The SMILES string of the molecule is COc1cccc(-c2nn(-c3ccccc3)cc2C=C2C(=O)N(c3ccccc3)N=C2C)c1. The predicted octanol–water partition coefficient (Wildman–Crippen LogP) is 5.35. The smallest absolute Gasteiger partial charge is 0.280 e. The van der Waals surface area contributed by atoms with E-state index in [2.05, 4.69) is 5.10 Å². The molecule has 6 heteroatoms. The number of para-hydroxylation sites is 2. The lowest BCUT2D eigenvalue weighted by molar-refractivity contribution is -0.114. The van der Waals surface area contributed by atoms with Gasteiger partial charge in [-0.3, -0.25) is 4.79 Å². The van der Waals surface area contributed by atoms with Crippen molar-refractivity contribution in [3.05, 3.63) is 102 Å². The number of aromatic nitrogens is 2. The molecule has 1 aromatic heterocycles. The van der Waals surface area contributed by atoms with Crippen molar-refractivity contribution in [2.24, 2.45) is 5.10 Å². The van der Waals surface area contributed by atoms with E-state index >= 15 is 0 Å². The molecule has 1 aliphatic rings. The van der Waals surface area contributed by atoms with Crippen molar-refractivity contribution in [1.82, 2.24) is 9.78 Å². The molecule has 0 saturated carbocycles. The summed E-state index contributed by atoms with van der Waals surface area (Å²) < 4.78 is 7.23. The zero-order valence-electron chi connectivity index (χ0n) is 18.3. The third-order valence-corrected chi connectivity index (χ3v) is 5.47. The highest BCUT2D eigenvalue weighted by atomic mass is 16.5. The number of methoxy groups -OCH3 is 1. The molecule has 0 aliphatic carbocycles. The molecular weight excluding hydrogens is 412 g/mol. The molecule has 0 bridgehead atoms. The first-order valence-corrected chi connectivity index (χ1v) is 10.6. The number of hydrogen-bond acceptors (Lipinski definition) is 4. The summed E-state index contributed by atoms with van der Waals surface area (Å²) in [5.74, 6) is 0.577. The Morgan fingerprint density at radius 1 is 0.879 bits per heavy atom. The van der Waals surface area contributed by atoms with Crippen LogP contribution >= 0.6 is 0 Å². The van der Waals surface area contributed by atoms with Crippen LogP contribution in [0.4, 0.5) is 5.69 Å². The molecule has 6 nitrogen and oxygen atoms in total. The Hall–Kier alpha value is -4.45. The van der Waals surface area contributed by atoms with E-state index in [1.54, 1.807) is 7.11 Å². The molecule has 0 spiro atoms. The van der Waals surface area contributed by atoms with E-state index < -0.39 is 0 Å². The van der Waals surface area contributed by atoms with E-state index in [0.29, 0.717) is 11.3 Å². The number of anilines is 1. The lowest BCUT2D eigenvalue weighted by Gasteiger charge is -2.11. The second-order valence-electron chi connectivity index (χ2n) is 7.64. The van der Waals surface area contributed by atoms with Crippen LogP contribution in [0.5, 0.6) is 5.75 Å². The summed E-state index contributed by atoms with van der Waals surface area (Å²) in [7, 11) is 1.64. The highest BCUT2D eigenvalue weighted by Gasteiger charge is 2.29. The number of carbonyl (C=O) groups is 1. The summed E-state index contributed by atoms with van der Waals surface area (Å²) in [6.07, 6.45) is 3.80. The normalized spacial score (nSPS) is 14.6. The zero-order valence-corrected chi connectivity index (χ0v) is 18.3. The van der Waals surface area contributed by atoms with Crippen molar-refractivity contribution in [2.45, 2.75) is 6.92 Å². The van der Waals surface area contributed by atoms with Crippen molar-refractivity contribution >= 4 is 23.4 Å². The van der Waals surface area contributed by atoms with Crippen LogP contribution in [0.15, 0.2) is 102 Å². The average molecular weight is 434 g/mol. The molecule has 0 saturated heterocycles. The average Bonchev–Trinajstić information content (AvgIpc) is 3.42. The van der Waals surface area contributed by atoms with Gasteiger partial charge in [0.15, 0.2) is 0 Å². The second kappa shape index (κ2) is 8.59. The number of benzene rings is 3. The van der Waals surface area contributed by atoms with Crippen LogP contribution in [0, 0.1) is 0 Å². The molecule has 0 unspecified atom stereocenters. The minimum atomic E-state index is -0.164. The van der Waals surface area contributed by atoms with Crippen LogP contribution in [0.25, 0.3) is 23.0 Å². The quantitative estimate of drug-likeness (QED) is 0.398. The van der Waals surface area contributed by atoms with E-state index in [-0.39, 0.29) is 5.91 Å². The maximum absolute atomic E-state index is 13.2. The van der Waals surface area contributed by atoms with Gasteiger partial charge in [0.2, 0.25) is 0 Å². The first kappa shape index (κ1) is 20.5. The molecule has 0 fully saturated rings. The van der Waals surface area contributed by atoms with Crippen LogP contribution < -0.4 is 9.75 Å². The van der Waals surface area contributed by atoms with Crippen LogP contribution in [0.1, 0.15) is 12.5 Å². The van der Waals surface area contributed by atoms with Crippen LogP contribution in [0.3, 0.4) is 0 Å². The number of nitrogens with zero attached hydrogens (tertiary/aromatic N) is 4. The number of amides is 1. The molecule has 0 N–H and O–H groups in total. The summed E-state index contributed by atoms with van der Waals surface area (Å²) in [4.78, 5) is 13.2. The van der Waals surface area contributed by atoms with Gasteiger partial charge in [-0.15, -0.1) is 0 Å². The first-order chi connectivity index (χ1) is 16.1. The summed E-state index contributed by atoms with van der Waals surface area (Å²) in [5, 5.41) is 10.8. The van der Waals surface area contributed by atoms with E-state index in [1.165, 1.54) is 5.01 Å². The Morgan fingerprint density at radius 2 is 1.58 bits per heavy atom. The number of hydrogen-bond donors (Lipinski definition) is 0. The van der Waals surface area contributed by atoms with Gasteiger partial charge in [0.05, 0.1) is 29.8 Å². The van der Waals surface area contributed by atoms with Gasteiger partial charge in [-0.25, -0.2) is 4.68 Å². The molecular formula is C27H22N4O2. The largest absolute Gasteiger partial charge is 0.497 e. The third kappa shape index (κ3) is 3.94. The first-order valence-electron chi connectivity index (χ1n) is 10.6. The topological polar surface area (TPSA) is 59.7 Å². The molecule has 1 aliphatic heterocycles. The minimum Gasteiger partial charge on any atom is -0.497 e. The van der Waals surface area contributed by atoms with Crippen molar-refractivity contribution < 1.29 is 9.53 Å². The lowest BCUT2D eigenvalue weighted by atomic mass is 10.0. The molecule has 3 aromatic carbocycles. The summed E-state index contributed by atoms with van der Waals surface area (Å²) in [6, 6.07) is 27.0. The molecule has 5 rings (SSSR count). The molecule has 2 heterocycles. The van der Waals surface area contributed by atoms with Gasteiger partial charge in [-0.2, -0.15) is 15.2 Å². The van der Waals surface area contributed by atoms with Gasteiger partial charge in [0.1, 0.15) is 11.4 Å². The van der Waals surface area contributed by atoms with Gasteiger partial charge in [-0.1, -0.05) is 48.5 Å². The van der Waals surface area contributed by atoms with Gasteiger partial charge >= 0.3 is 0 Å². The molecule has 0 radical (unpaired) electrons. The van der Waals surface area contributed by atoms with Crippen LogP contribution in [-0.2, 0) is 4.79 Å². The lowest BCUT2D eigenvalue weighted by Crippen LogP contribution is -2.21. The number of ether oxygens (including phenoxy) is 1.